The fourth-order valence-electron chi connectivity index (χ4n) is 1.33. The van der Waals surface area contributed by atoms with Gasteiger partial charge in [0.25, 0.3) is 0 Å². The normalized spacial score (nSPS) is 23.5. The molecular weight excluding hydrogens is 196 g/mol. The lowest BCUT2D eigenvalue weighted by Crippen LogP contribution is -2.43. The van der Waals surface area contributed by atoms with Gasteiger partial charge >= 0.3 is 6.09 Å². The van der Waals surface area contributed by atoms with Crippen molar-refractivity contribution in [1.29, 1.82) is 0 Å². The fourth-order valence-corrected chi connectivity index (χ4v) is 1.33. The van der Waals surface area contributed by atoms with Crippen LogP contribution >= 0.6 is 0 Å². The second kappa shape index (κ2) is 4.81. The van der Waals surface area contributed by atoms with E-state index in [0.717, 1.165) is 0 Å². The van der Waals surface area contributed by atoms with Crippen molar-refractivity contribution in [2.24, 2.45) is 5.73 Å². The van der Waals surface area contributed by atoms with Crippen molar-refractivity contribution in [2.45, 2.75) is 32.4 Å². The number of ether oxygens (including phenoxy) is 2. The molecule has 1 saturated heterocycles. The molecule has 5 nitrogen and oxygen atoms in total. The van der Waals surface area contributed by atoms with Crippen LogP contribution < -0.4 is 5.73 Å². The summed E-state index contributed by atoms with van der Waals surface area (Å²) in [5, 5.41) is 0. The Hall–Kier alpha value is -0.810. The summed E-state index contributed by atoms with van der Waals surface area (Å²) in [4.78, 5) is 13.3. The first kappa shape index (κ1) is 12.3. The van der Waals surface area contributed by atoms with E-state index in [0.29, 0.717) is 26.3 Å². The number of carbonyl (C=O) groups excluding carboxylic acids is 1. The van der Waals surface area contributed by atoms with Crippen LogP contribution in [0.1, 0.15) is 20.8 Å². The lowest BCUT2D eigenvalue weighted by atomic mass is 10.2. The summed E-state index contributed by atoms with van der Waals surface area (Å²) < 4.78 is 10.5. The highest BCUT2D eigenvalue weighted by Crippen LogP contribution is 2.11. The van der Waals surface area contributed by atoms with E-state index in [1.54, 1.807) is 4.90 Å². The van der Waals surface area contributed by atoms with Gasteiger partial charge in [0.1, 0.15) is 5.60 Å². The molecule has 1 atom stereocenters. The lowest BCUT2D eigenvalue weighted by Gasteiger charge is -2.26. The predicted molar refractivity (Wildman–Crippen MR) is 56.6 cm³/mol. The zero-order chi connectivity index (χ0) is 11.5. The van der Waals surface area contributed by atoms with E-state index in [1.165, 1.54) is 0 Å². The van der Waals surface area contributed by atoms with Crippen molar-refractivity contribution in [1.82, 2.24) is 4.90 Å². The van der Waals surface area contributed by atoms with Gasteiger partial charge in [-0.3, -0.25) is 0 Å². The number of nitrogens with two attached hydrogens (primary N) is 1. The van der Waals surface area contributed by atoms with Crippen molar-refractivity contribution in [2.75, 3.05) is 26.3 Å². The Morgan fingerprint density at radius 3 is 2.80 bits per heavy atom. The standard InChI is InChI=1S/C10H20N2O3/c1-10(2,3)15-9(13)12-4-5-14-7-8(11)6-12/h8H,4-7,11H2,1-3H3. The third-order valence-corrected chi connectivity index (χ3v) is 1.94. The van der Waals surface area contributed by atoms with Crippen LogP contribution in [0.2, 0.25) is 0 Å². The van der Waals surface area contributed by atoms with Gasteiger partial charge < -0.3 is 20.1 Å². The van der Waals surface area contributed by atoms with Gasteiger partial charge in [-0.05, 0) is 20.8 Å². The first-order chi connectivity index (χ1) is 6.88. The zero-order valence-electron chi connectivity index (χ0n) is 9.66. The third-order valence-electron chi connectivity index (χ3n) is 1.94. The second-order valence-electron chi connectivity index (χ2n) is 4.76. The summed E-state index contributed by atoms with van der Waals surface area (Å²) >= 11 is 0. The van der Waals surface area contributed by atoms with Crippen molar-refractivity contribution < 1.29 is 14.3 Å². The molecule has 15 heavy (non-hydrogen) atoms. The minimum absolute atomic E-state index is 0.125. The average molecular weight is 216 g/mol. The van der Waals surface area contributed by atoms with Gasteiger partial charge in [0.15, 0.2) is 0 Å². The molecule has 0 bridgehead atoms. The lowest BCUT2D eigenvalue weighted by molar-refractivity contribution is 0.0241. The van der Waals surface area contributed by atoms with Gasteiger partial charge in [-0.25, -0.2) is 4.79 Å². The number of hydrogen-bond acceptors (Lipinski definition) is 4. The minimum Gasteiger partial charge on any atom is -0.444 e. The number of rotatable bonds is 0. The average Bonchev–Trinajstić information content (AvgIpc) is 2.26. The Balaban J connectivity index is 2.50. The quantitative estimate of drug-likeness (QED) is 0.643. The molecule has 5 heteroatoms. The Morgan fingerprint density at radius 2 is 2.20 bits per heavy atom. The largest absolute Gasteiger partial charge is 0.444 e. The Labute approximate surface area is 90.5 Å². The molecule has 1 amide bonds. The van der Waals surface area contributed by atoms with Crippen LogP contribution in [0.5, 0.6) is 0 Å². The molecule has 0 aromatic rings. The SMILES string of the molecule is CC(C)(C)OC(=O)N1CCOCC(N)C1. The molecule has 0 radical (unpaired) electrons. The Bertz CT molecular complexity index is 225. The monoisotopic (exact) mass is 216 g/mol. The van der Waals surface area contributed by atoms with Crippen molar-refractivity contribution >= 4 is 6.09 Å². The van der Waals surface area contributed by atoms with E-state index < -0.39 is 5.60 Å². The van der Waals surface area contributed by atoms with Crippen LogP contribution in [0.3, 0.4) is 0 Å². The first-order valence-electron chi connectivity index (χ1n) is 5.20. The van der Waals surface area contributed by atoms with E-state index in [2.05, 4.69) is 0 Å². The molecule has 1 fully saturated rings. The molecule has 1 aliphatic heterocycles. The van der Waals surface area contributed by atoms with Crippen LogP contribution in [0.15, 0.2) is 0 Å². The van der Waals surface area contributed by atoms with Gasteiger partial charge in [-0.15, -0.1) is 0 Å². The second-order valence-corrected chi connectivity index (χ2v) is 4.76. The highest BCUT2D eigenvalue weighted by Gasteiger charge is 2.25. The number of amides is 1. The highest BCUT2D eigenvalue weighted by atomic mass is 16.6. The van der Waals surface area contributed by atoms with Crippen LogP contribution in [0.4, 0.5) is 4.79 Å². The molecule has 88 valence electrons. The summed E-state index contributed by atoms with van der Waals surface area (Å²) in [6, 6.07) is -0.125. The smallest absolute Gasteiger partial charge is 0.410 e. The molecular formula is C10H20N2O3. The van der Waals surface area contributed by atoms with Crippen molar-refractivity contribution in [3.8, 4) is 0 Å². The zero-order valence-corrected chi connectivity index (χ0v) is 9.66. The van der Waals surface area contributed by atoms with E-state index >= 15 is 0 Å². The summed E-state index contributed by atoms with van der Waals surface area (Å²) in [7, 11) is 0. The molecule has 0 aromatic carbocycles. The number of hydrogen-bond donors (Lipinski definition) is 1. The molecule has 0 aromatic heterocycles. The van der Waals surface area contributed by atoms with Crippen molar-refractivity contribution in [3.63, 3.8) is 0 Å². The topological polar surface area (TPSA) is 64.8 Å². The third kappa shape index (κ3) is 4.48. The fraction of sp³-hybridized carbons (Fsp3) is 0.900. The summed E-state index contributed by atoms with van der Waals surface area (Å²) in [5.74, 6) is 0. The van der Waals surface area contributed by atoms with Crippen LogP contribution in [0, 0.1) is 0 Å². The Morgan fingerprint density at radius 1 is 1.53 bits per heavy atom. The minimum atomic E-state index is -0.464. The molecule has 0 saturated carbocycles. The molecule has 1 heterocycles. The number of carbonyl (C=O) groups is 1. The van der Waals surface area contributed by atoms with Gasteiger partial charge in [0.05, 0.1) is 13.2 Å². The van der Waals surface area contributed by atoms with E-state index in [-0.39, 0.29) is 12.1 Å². The van der Waals surface area contributed by atoms with Crippen LogP contribution in [-0.2, 0) is 9.47 Å². The summed E-state index contributed by atoms with van der Waals surface area (Å²) in [6.45, 7) is 7.60. The molecule has 0 aliphatic carbocycles. The van der Waals surface area contributed by atoms with E-state index in [9.17, 15) is 4.79 Å². The first-order valence-corrected chi connectivity index (χ1v) is 5.20. The maximum absolute atomic E-state index is 11.7. The highest BCUT2D eigenvalue weighted by molar-refractivity contribution is 5.68. The maximum Gasteiger partial charge on any atom is 0.410 e. The van der Waals surface area contributed by atoms with Gasteiger partial charge in [-0.1, -0.05) is 0 Å². The van der Waals surface area contributed by atoms with Gasteiger partial charge in [-0.2, -0.15) is 0 Å². The molecule has 1 aliphatic rings. The van der Waals surface area contributed by atoms with E-state index in [4.69, 9.17) is 15.2 Å². The van der Waals surface area contributed by atoms with Gasteiger partial charge in [0.2, 0.25) is 0 Å². The van der Waals surface area contributed by atoms with Crippen LogP contribution in [-0.4, -0.2) is 48.9 Å². The number of nitrogens with zero attached hydrogens (tertiary/aromatic N) is 1. The summed E-state index contributed by atoms with van der Waals surface area (Å²) in [6.07, 6.45) is -0.316. The molecule has 0 spiro atoms. The van der Waals surface area contributed by atoms with Crippen molar-refractivity contribution in [3.05, 3.63) is 0 Å². The van der Waals surface area contributed by atoms with E-state index in [1.807, 2.05) is 20.8 Å². The van der Waals surface area contributed by atoms with Gasteiger partial charge in [0, 0.05) is 19.1 Å². The Kier molecular flexibility index (Phi) is 3.93. The predicted octanol–water partition coefficient (Wildman–Crippen LogP) is 0.581. The molecule has 2 N–H and O–H groups in total. The molecule has 1 unspecified atom stereocenters. The van der Waals surface area contributed by atoms with Crippen LogP contribution in [0.25, 0.3) is 0 Å². The molecule has 1 rings (SSSR count). The maximum atomic E-state index is 11.7. The summed E-state index contributed by atoms with van der Waals surface area (Å²) in [5.41, 5.74) is 5.29.